The Labute approximate surface area is 116 Å². The van der Waals surface area contributed by atoms with Gasteiger partial charge in [0.05, 0.1) is 5.69 Å². The maximum Gasteiger partial charge on any atom is 0.262 e. The van der Waals surface area contributed by atoms with Crippen molar-refractivity contribution in [2.24, 2.45) is 0 Å². The number of nitrogens with one attached hydrogen (secondary N) is 1. The second-order valence-electron chi connectivity index (χ2n) is 4.39. The number of carbonyl (C=O) groups is 1. The van der Waals surface area contributed by atoms with Crippen LogP contribution in [0.25, 0.3) is 0 Å². The summed E-state index contributed by atoms with van der Waals surface area (Å²) >= 11 is 0. The third kappa shape index (κ3) is 3.71. The van der Waals surface area contributed by atoms with Gasteiger partial charge in [-0.25, -0.2) is 4.39 Å². The topological polar surface area (TPSA) is 64.3 Å². The van der Waals surface area contributed by atoms with Crippen LogP contribution >= 0.6 is 0 Å². The lowest BCUT2D eigenvalue weighted by molar-refractivity contribution is -0.118. The van der Waals surface area contributed by atoms with Gasteiger partial charge in [0.1, 0.15) is 11.6 Å². The second-order valence-corrected chi connectivity index (χ2v) is 4.39. The number of carbonyl (C=O) groups excluding carboxylic acids is 1. The van der Waals surface area contributed by atoms with Gasteiger partial charge in [-0.3, -0.25) is 4.79 Å². The quantitative estimate of drug-likeness (QED) is 0.842. The molecule has 0 unspecified atom stereocenters. The fourth-order valence-corrected chi connectivity index (χ4v) is 1.67. The Morgan fingerprint density at radius 1 is 1.30 bits per heavy atom. The summed E-state index contributed by atoms with van der Waals surface area (Å²) in [5.41, 5.74) is 7.15. The molecule has 0 saturated heterocycles. The van der Waals surface area contributed by atoms with Gasteiger partial charge < -0.3 is 15.8 Å². The van der Waals surface area contributed by atoms with E-state index in [2.05, 4.69) is 5.32 Å². The lowest BCUT2D eigenvalue weighted by Crippen LogP contribution is -2.20. The fourth-order valence-electron chi connectivity index (χ4n) is 1.67. The molecule has 2 rings (SSSR count). The molecule has 0 spiro atoms. The normalized spacial score (nSPS) is 10.1. The molecule has 4 nitrogen and oxygen atoms in total. The molecule has 20 heavy (non-hydrogen) atoms. The Morgan fingerprint density at radius 2 is 2.10 bits per heavy atom. The predicted molar refractivity (Wildman–Crippen MR) is 76.1 cm³/mol. The van der Waals surface area contributed by atoms with E-state index in [0.717, 1.165) is 5.56 Å². The summed E-state index contributed by atoms with van der Waals surface area (Å²) in [6.07, 6.45) is 0. The van der Waals surface area contributed by atoms with E-state index >= 15 is 0 Å². The molecule has 0 radical (unpaired) electrons. The summed E-state index contributed by atoms with van der Waals surface area (Å²) in [4.78, 5) is 11.7. The van der Waals surface area contributed by atoms with Gasteiger partial charge in [0, 0.05) is 11.8 Å². The zero-order valence-corrected chi connectivity index (χ0v) is 11.0. The molecule has 3 N–H and O–H groups in total. The smallest absolute Gasteiger partial charge is 0.262 e. The largest absolute Gasteiger partial charge is 0.484 e. The highest BCUT2D eigenvalue weighted by Gasteiger charge is 2.08. The van der Waals surface area contributed by atoms with E-state index in [4.69, 9.17) is 10.5 Å². The minimum absolute atomic E-state index is 0.145. The van der Waals surface area contributed by atoms with Crippen molar-refractivity contribution >= 4 is 17.3 Å². The van der Waals surface area contributed by atoms with Crippen molar-refractivity contribution in [2.45, 2.75) is 6.92 Å². The van der Waals surface area contributed by atoms with Gasteiger partial charge in [-0.2, -0.15) is 0 Å². The van der Waals surface area contributed by atoms with E-state index in [1.807, 2.05) is 6.92 Å². The minimum atomic E-state index is -0.479. The van der Waals surface area contributed by atoms with Crippen LogP contribution in [-0.4, -0.2) is 12.5 Å². The Kier molecular flexibility index (Phi) is 4.20. The number of anilines is 2. The maximum atomic E-state index is 13.5. The van der Waals surface area contributed by atoms with E-state index in [1.165, 1.54) is 6.07 Å². The van der Waals surface area contributed by atoms with Gasteiger partial charge in [-0.1, -0.05) is 12.1 Å². The number of halogens is 1. The lowest BCUT2D eigenvalue weighted by Gasteiger charge is -2.09. The summed E-state index contributed by atoms with van der Waals surface area (Å²) in [6, 6.07) is 11.3. The molecule has 0 aliphatic carbocycles. The SMILES string of the molecule is Cc1ccc(F)c(NC(=O)COc2cccc(N)c2)c1. The molecule has 1 amide bonds. The average Bonchev–Trinajstić information content (AvgIpc) is 2.41. The van der Waals surface area contributed by atoms with Gasteiger partial charge in [0.2, 0.25) is 0 Å². The average molecular weight is 274 g/mol. The van der Waals surface area contributed by atoms with Gasteiger partial charge >= 0.3 is 0 Å². The highest BCUT2D eigenvalue weighted by Crippen LogP contribution is 2.16. The standard InChI is InChI=1S/C15H15FN2O2/c1-10-5-6-13(16)14(7-10)18-15(19)9-20-12-4-2-3-11(17)8-12/h2-8H,9,17H2,1H3,(H,18,19). The number of nitrogens with two attached hydrogens (primary N) is 1. The molecule has 0 atom stereocenters. The molecule has 0 aromatic heterocycles. The molecule has 0 saturated carbocycles. The van der Waals surface area contributed by atoms with Gasteiger partial charge in [-0.05, 0) is 36.8 Å². The Morgan fingerprint density at radius 3 is 2.85 bits per heavy atom. The molecular weight excluding hydrogens is 259 g/mol. The summed E-state index contributed by atoms with van der Waals surface area (Å²) in [6.45, 7) is 1.61. The van der Waals surface area contributed by atoms with Crippen LogP contribution in [0.5, 0.6) is 5.75 Å². The molecular formula is C15H15FN2O2. The first kappa shape index (κ1) is 13.9. The van der Waals surface area contributed by atoms with Crippen LogP contribution in [0.15, 0.2) is 42.5 Å². The number of rotatable bonds is 4. The number of hydrogen-bond donors (Lipinski definition) is 2. The summed E-state index contributed by atoms with van der Waals surface area (Å²) in [5, 5.41) is 2.47. The van der Waals surface area contributed by atoms with Crippen LogP contribution in [-0.2, 0) is 4.79 Å². The highest BCUT2D eigenvalue weighted by atomic mass is 19.1. The van der Waals surface area contributed by atoms with Crippen LogP contribution in [0, 0.1) is 12.7 Å². The van der Waals surface area contributed by atoms with Crippen LogP contribution in [0.1, 0.15) is 5.56 Å². The van der Waals surface area contributed by atoms with Crippen LogP contribution in [0.4, 0.5) is 15.8 Å². The first-order valence-corrected chi connectivity index (χ1v) is 6.09. The van der Waals surface area contributed by atoms with Crippen molar-refractivity contribution in [1.29, 1.82) is 0 Å². The first-order valence-electron chi connectivity index (χ1n) is 6.09. The Hall–Kier alpha value is -2.56. The molecule has 0 fully saturated rings. The van der Waals surface area contributed by atoms with Gasteiger partial charge in [-0.15, -0.1) is 0 Å². The van der Waals surface area contributed by atoms with E-state index in [9.17, 15) is 9.18 Å². The lowest BCUT2D eigenvalue weighted by atomic mass is 10.2. The summed E-state index contributed by atoms with van der Waals surface area (Å²) < 4.78 is 18.8. The van der Waals surface area contributed by atoms with E-state index < -0.39 is 11.7 Å². The summed E-state index contributed by atoms with van der Waals surface area (Å²) in [5.74, 6) is -0.422. The van der Waals surface area contributed by atoms with Gasteiger partial charge in [0.15, 0.2) is 6.61 Å². The third-order valence-electron chi connectivity index (χ3n) is 2.62. The number of benzene rings is 2. The number of nitrogen functional groups attached to an aromatic ring is 1. The Balaban J connectivity index is 1.94. The molecule has 0 heterocycles. The van der Waals surface area contributed by atoms with Crippen LogP contribution in [0.2, 0.25) is 0 Å². The van der Waals surface area contributed by atoms with Crippen molar-refractivity contribution in [3.05, 3.63) is 53.8 Å². The molecule has 2 aromatic carbocycles. The molecule has 104 valence electrons. The number of hydrogen-bond acceptors (Lipinski definition) is 3. The van der Waals surface area contributed by atoms with Gasteiger partial charge in [0.25, 0.3) is 5.91 Å². The van der Waals surface area contributed by atoms with Crippen molar-refractivity contribution in [3.63, 3.8) is 0 Å². The molecule has 2 aromatic rings. The number of ether oxygens (including phenoxy) is 1. The monoisotopic (exact) mass is 274 g/mol. The maximum absolute atomic E-state index is 13.5. The predicted octanol–water partition coefficient (Wildman–Crippen LogP) is 2.73. The highest BCUT2D eigenvalue weighted by molar-refractivity contribution is 5.92. The molecule has 5 heteroatoms. The van der Waals surface area contributed by atoms with E-state index in [0.29, 0.717) is 11.4 Å². The Bertz CT molecular complexity index is 629. The molecule has 0 aliphatic heterocycles. The van der Waals surface area contributed by atoms with E-state index in [-0.39, 0.29) is 12.3 Å². The second kappa shape index (κ2) is 6.06. The third-order valence-corrected chi connectivity index (χ3v) is 2.62. The summed E-state index contributed by atoms with van der Waals surface area (Å²) in [7, 11) is 0. The first-order chi connectivity index (χ1) is 9.54. The van der Waals surface area contributed by atoms with Crippen molar-refractivity contribution in [3.8, 4) is 5.75 Å². The number of amides is 1. The van der Waals surface area contributed by atoms with Crippen LogP contribution in [0.3, 0.4) is 0 Å². The fraction of sp³-hybridized carbons (Fsp3) is 0.133. The number of aryl methyl sites for hydroxylation is 1. The van der Waals surface area contributed by atoms with Crippen molar-refractivity contribution < 1.29 is 13.9 Å². The van der Waals surface area contributed by atoms with E-state index in [1.54, 1.807) is 36.4 Å². The molecule has 0 bridgehead atoms. The zero-order chi connectivity index (χ0) is 14.5. The van der Waals surface area contributed by atoms with Crippen molar-refractivity contribution in [1.82, 2.24) is 0 Å². The zero-order valence-electron chi connectivity index (χ0n) is 11.0. The van der Waals surface area contributed by atoms with Crippen molar-refractivity contribution in [2.75, 3.05) is 17.7 Å². The van der Waals surface area contributed by atoms with Crippen LogP contribution < -0.4 is 15.8 Å². The molecule has 0 aliphatic rings. The minimum Gasteiger partial charge on any atom is -0.484 e.